The number of unbranched alkanes of at least 4 members (excludes halogenated alkanes) is 1. The molecule has 1 heterocycles. The van der Waals surface area contributed by atoms with E-state index in [0.717, 1.165) is 19.3 Å². The van der Waals surface area contributed by atoms with Gasteiger partial charge in [-0.25, -0.2) is 9.59 Å². The first kappa shape index (κ1) is 27.0. The predicted molar refractivity (Wildman–Crippen MR) is 133 cm³/mol. The quantitative estimate of drug-likeness (QED) is 0.242. The van der Waals surface area contributed by atoms with E-state index in [0.29, 0.717) is 12.1 Å². The van der Waals surface area contributed by atoms with Crippen LogP contribution in [0.15, 0.2) is 71.5 Å². The number of carbonyl (C=O) groups excluding carboxylic acids is 2. The third-order valence-corrected chi connectivity index (χ3v) is 5.50. The smallest absolute Gasteiger partial charge is 0.341 e. The highest BCUT2D eigenvalue weighted by Crippen LogP contribution is 2.21. The predicted octanol–water partition coefficient (Wildman–Crippen LogP) is 2.92. The number of aromatic carboxylic acids is 1. The summed E-state index contributed by atoms with van der Waals surface area (Å²) in [7, 11) is 0. The summed E-state index contributed by atoms with van der Waals surface area (Å²) in [6, 6.07) is 14.6. The van der Waals surface area contributed by atoms with Crippen molar-refractivity contribution in [2.45, 2.75) is 31.7 Å². The number of rotatable bonds is 14. The third kappa shape index (κ3) is 8.53. The van der Waals surface area contributed by atoms with Gasteiger partial charge in [0, 0.05) is 13.0 Å². The molecule has 37 heavy (non-hydrogen) atoms. The molecule has 0 fully saturated rings. The average Bonchev–Trinajstić information content (AvgIpc) is 3.43. The molecular formula is C27H28N2O8. The molecule has 3 rings (SSSR count). The first-order valence-electron chi connectivity index (χ1n) is 11.7. The highest BCUT2D eigenvalue weighted by atomic mass is 16.5. The Hall–Kier alpha value is -4.60. The molecule has 1 atom stereocenters. The fourth-order valence-corrected chi connectivity index (χ4v) is 3.65. The molecule has 0 saturated heterocycles. The van der Waals surface area contributed by atoms with Crippen LogP contribution < -0.4 is 15.4 Å². The summed E-state index contributed by atoms with van der Waals surface area (Å²) < 4.78 is 9.99. The summed E-state index contributed by atoms with van der Waals surface area (Å²) in [4.78, 5) is 48.1. The van der Waals surface area contributed by atoms with Gasteiger partial charge in [-0.15, -0.1) is 0 Å². The van der Waals surface area contributed by atoms with Gasteiger partial charge in [0.15, 0.2) is 6.61 Å². The van der Waals surface area contributed by atoms with E-state index in [9.17, 15) is 24.3 Å². The van der Waals surface area contributed by atoms with Crippen molar-refractivity contribution in [3.63, 3.8) is 0 Å². The van der Waals surface area contributed by atoms with Gasteiger partial charge in [0.1, 0.15) is 23.6 Å². The Morgan fingerprint density at radius 2 is 1.73 bits per heavy atom. The summed E-state index contributed by atoms with van der Waals surface area (Å²) in [5.41, 5.74) is 1.64. The molecule has 1 aromatic heterocycles. The molecule has 10 nitrogen and oxygen atoms in total. The maximum absolute atomic E-state index is 13.0. The van der Waals surface area contributed by atoms with Crippen LogP contribution in [0.2, 0.25) is 0 Å². The second-order valence-corrected chi connectivity index (χ2v) is 8.29. The Kier molecular flexibility index (Phi) is 9.83. The van der Waals surface area contributed by atoms with E-state index in [-0.39, 0.29) is 23.3 Å². The van der Waals surface area contributed by atoms with Crippen molar-refractivity contribution in [3.05, 3.63) is 89.4 Å². The van der Waals surface area contributed by atoms with Gasteiger partial charge in [0.2, 0.25) is 5.91 Å². The zero-order chi connectivity index (χ0) is 26.6. The van der Waals surface area contributed by atoms with Crippen molar-refractivity contribution in [1.29, 1.82) is 0 Å². The Morgan fingerprint density at radius 1 is 0.946 bits per heavy atom. The van der Waals surface area contributed by atoms with Crippen LogP contribution in [-0.2, 0) is 22.4 Å². The number of furan rings is 1. The number of aryl methyl sites for hydroxylation is 1. The average molecular weight is 509 g/mol. The molecule has 0 aliphatic heterocycles. The van der Waals surface area contributed by atoms with E-state index in [1.807, 2.05) is 30.3 Å². The number of amides is 2. The number of benzene rings is 2. The molecule has 0 aliphatic rings. The number of carbonyl (C=O) groups is 4. The van der Waals surface area contributed by atoms with Crippen LogP contribution in [0.1, 0.15) is 44.7 Å². The van der Waals surface area contributed by atoms with Crippen molar-refractivity contribution in [1.82, 2.24) is 10.6 Å². The molecule has 0 unspecified atom stereocenters. The second kappa shape index (κ2) is 13.5. The van der Waals surface area contributed by atoms with Gasteiger partial charge in [0.25, 0.3) is 5.91 Å². The van der Waals surface area contributed by atoms with Gasteiger partial charge < -0.3 is 30.0 Å². The van der Waals surface area contributed by atoms with Crippen molar-refractivity contribution in [3.8, 4) is 5.75 Å². The maximum atomic E-state index is 13.0. The number of nitrogens with one attached hydrogen (secondary N) is 2. The number of carboxylic acid groups (broad SMARTS) is 2. The Balaban J connectivity index is 1.66. The van der Waals surface area contributed by atoms with Crippen LogP contribution in [0, 0.1) is 0 Å². The maximum Gasteiger partial charge on any atom is 0.341 e. The lowest BCUT2D eigenvalue weighted by atomic mass is 10.0. The minimum absolute atomic E-state index is 0.00106. The summed E-state index contributed by atoms with van der Waals surface area (Å²) >= 11 is 0. The number of hydrogen-bond acceptors (Lipinski definition) is 6. The molecule has 2 aromatic carbocycles. The topological polar surface area (TPSA) is 155 Å². The largest absolute Gasteiger partial charge is 0.481 e. The van der Waals surface area contributed by atoms with Crippen molar-refractivity contribution in [2.75, 3.05) is 13.2 Å². The van der Waals surface area contributed by atoms with E-state index < -0.39 is 36.4 Å². The molecule has 0 saturated carbocycles. The van der Waals surface area contributed by atoms with Crippen molar-refractivity contribution >= 4 is 23.8 Å². The molecule has 0 radical (unpaired) electrons. The van der Waals surface area contributed by atoms with Gasteiger partial charge >= 0.3 is 11.9 Å². The van der Waals surface area contributed by atoms with Crippen LogP contribution >= 0.6 is 0 Å². The molecule has 4 N–H and O–H groups in total. The monoisotopic (exact) mass is 508 g/mol. The van der Waals surface area contributed by atoms with Crippen LogP contribution in [0.4, 0.5) is 0 Å². The van der Waals surface area contributed by atoms with Crippen LogP contribution in [0.5, 0.6) is 5.75 Å². The standard InChI is InChI=1S/C27H28N2O8/c30-24(31)17-37-23-10-9-19(14-21(23)27(34)35)15-22(29-25(32)20-11-13-36-16-20)26(33)28-12-5-4-8-18-6-2-1-3-7-18/h1-3,6-7,9-11,13-14,16,22H,4-5,8,12,15,17H2,(H,28,33)(H,29,32)(H,30,31)(H,34,35)/t22-/m0/s1. The number of ether oxygens (including phenoxy) is 1. The summed E-state index contributed by atoms with van der Waals surface area (Å²) in [6.45, 7) is -0.290. The normalized spacial score (nSPS) is 11.4. The van der Waals surface area contributed by atoms with E-state index in [2.05, 4.69) is 10.6 Å². The van der Waals surface area contributed by atoms with Gasteiger partial charge in [-0.1, -0.05) is 36.4 Å². The summed E-state index contributed by atoms with van der Waals surface area (Å²) in [5, 5.41) is 23.8. The first-order chi connectivity index (χ1) is 17.8. The van der Waals surface area contributed by atoms with E-state index >= 15 is 0 Å². The Labute approximate surface area is 213 Å². The van der Waals surface area contributed by atoms with Gasteiger partial charge in [-0.05, 0) is 48.6 Å². The molecule has 0 bridgehead atoms. The highest BCUT2D eigenvalue weighted by Gasteiger charge is 2.23. The lowest BCUT2D eigenvalue weighted by Gasteiger charge is -2.19. The molecule has 2 amide bonds. The molecule has 0 aliphatic carbocycles. The number of carboxylic acids is 2. The van der Waals surface area contributed by atoms with Gasteiger partial charge in [-0.3, -0.25) is 9.59 Å². The number of hydrogen-bond donors (Lipinski definition) is 4. The summed E-state index contributed by atoms with van der Waals surface area (Å²) in [5.74, 6) is -3.61. The minimum Gasteiger partial charge on any atom is -0.481 e. The second-order valence-electron chi connectivity index (χ2n) is 8.29. The first-order valence-corrected chi connectivity index (χ1v) is 11.7. The SMILES string of the molecule is O=C(O)COc1ccc(C[C@H](NC(=O)c2ccoc2)C(=O)NCCCCc2ccccc2)cc1C(=O)O. The van der Waals surface area contributed by atoms with Gasteiger partial charge in [0.05, 0.1) is 11.8 Å². The lowest BCUT2D eigenvalue weighted by Crippen LogP contribution is -2.48. The van der Waals surface area contributed by atoms with Crippen molar-refractivity contribution < 1.29 is 38.5 Å². The number of aliphatic carboxylic acids is 1. The van der Waals surface area contributed by atoms with Crippen LogP contribution in [-0.4, -0.2) is 53.2 Å². The Bertz CT molecular complexity index is 1210. The van der Waals surface area contributed by atoms with Gasteiger partial charge in [-0.2, -0.15) is 0 Å². The third-order valence-electron chi connectivity index (χ3n) is 5.50. The lowest BCUT2D eigenvalue weighted by molar-refractivity contribution is -0.139. The molecule has 10 heteroatoms. The molecule has 3 aromatic rings. The van der Waals surface area contributed by atoms with E-state index in [1.54, 1.807) is 0 Å². The fourth-order valence-electron chi connectivity index (χ4n) is 3.65. The van der Waals surface area contributed by atoms with Crippen LogP contribution in [0.25, 0.3) is 0 Å². The minimum atomic E-state index is -1.32. The summed E-state index contributed by atoms with van der Waals surface area (Å²) in [6.07, 6.45) is 5.08. The zero-order valence-electron chi connectivity index (χ0n) is 20.0. The van der Waals surface area contributed by atoms with E-state index in [4.69, 9.17) is 14.3 Å². The fraction of sp³-hybridized carbons (Fsp3) is 0.259. The van der Waals surface area contributed by atoms with Crippen LogP contribution in [0.3, 0.4) is 0 Å². The molecule has 194 valence electrons. The molecular weight excluding hydrogens is 480 g/mol. The molecule has 0 spiro atoms. The Morgan fingerprint density at radius 3 is 2.41 bits per heavy atom. The van der Waals surface area contributed by atoms with Crippen molar-refractivity contribution in [2.24, 2.45) is 0 Å². The van der Waals surface area contributed by atoms with E-state index in [1.165, 1.54) is 42.4 Å². The zero-order valence-corrected chi connectivity index (χ0v) is 20.0. The highest BCUT2D eigenvalue weighted by molar-refractivity contribution is 5.97.